The topological polar surface area (TPSA) is 32.3 Å². The van der Waals surface area contributed by atoms with E-state index >= 15 is 0 Å². The molecule has 2 saturated heterocycles. The van der Waals surface area contributed by atoms with Gasteiger partial charge in [-0.25, -0.2) is 0 Å². The van der Waals surface area contributed by atoms with Gasteiger partial charge in [-0.2, -0.15) is 0 Å². The van der Waals surface area contributed by atoms with Crippen LogP contribution in [-0.2, 0) is 4.79 Å². The average molecular weight is 315 g/mol. The maximum atomic E-state index is 12.6. The first kappa shape index (κ1) is 15.6. The molecule has 1 spiro atoms. The second kappa shape index (κ2) is 5.92. The molecule has 1 atom stereocenters. The summed E-state index contributed by atoms with van der Waals surface area (Å²) in [5.74, 6) is 0.610. The van der Waals surface area contributed by atoms with E-state index in [2.05, 4.69) is 17.4 Å². The molecule has 3 nitrogen and oxygen atoms in total. The fourth-order valence-corrected chi connectivity index (χ4v) is 3.74. The number of rotatable bonds is 1. The van der Waals surface area contributed by atoms with Gasteiger partial charge in [-0.3, -0.25) is 4.79 Å². The third kappa shape index (κ3) is 2.43. The molecule has 0 radical (unpaired) electrons. The van der Waals surface area contributed by atoms with Crippen LogP contribution in [0.2, 0.25) is 5.02 Å². The molecular formula is C15H20Cl2N2O. The molecule has 2 aliphatic rings. The number of piperidine rings is 1. The zero-order valence-electron chi connectivity index (χ0n) is 11.6. The maximum absolute atomic E-state index is 12.6. The van der Waals surface area contributed by atoms with E-state index < -0.39 is 0 Å². The first-order valence-electron chi connectivity index (χ1n) is 6.85. The standard InChI is InChI=1S/C15H19ClN2O.ClH/c1-18-10-13(11-2-4-12(16)5-3-11)15(14(18)19)6-8-17-9-7-15;/h2-5,13,17H,6-10H2,1H3;1H. The quantitative estimate of drug-likeness (QED) is 0.864. The number of carbonyl (C=O) groups is 1. The van der Waals surface area contributed by atoms with Crippen molar-refractivity contribution in [2.45, 2.75) is 18.8 Å². The van der Waals surface area contributed by atoms with Crippen LogP contribution in [0.4, 0.5) is 0 Å². The molecule has 2 aliphatic heterocycles. The number of amides is 1. The molecule has 3 rings (SSSR count). The molecule has 0 bridgehead atoms. The predicted molar refractivity (Wildman–Crippen MR) is 83.6 cm³/mol. The highest BCUT2D eigenvalue weighted by Crippen LogP contribution is 2.49. The van der Waals surface area contributed by atoms with Crippen molar-refractivity contribution in [3.8, 4) is 0 Å². The third-order valence-electron chi connectivity index (χ3n) is 4.66. The normalized spacial score (nSPS) is 24.8. The molecule has 1 aromatic rings. The van der Waals surface area contributed by atoms with Crippen LogP contribution in [0.25, 0.3) is 0 Å². The summed E-state index contributed by atoms with van der Waals surface area (Å²) in [6, 6.07) is 8.00. The van der Waals surface area contributed by atoms with Crippen molar-refractivity contribution in [2.75, 3.05) is 26.7 Å². The Hall–Kier alpha value is -0.770. The van der Waals surface area contributed by atoms with Crippen LogP contribution < -0.4 is 5.32 Å². The number of hydrogen-bond donors (Lipinski definition) is 1. The molecule has 2 heterocycles. The number of likely N-dealkylation sites (N-methyl/N-ethyl adjacent to an activating group) is 1. The van der Waals surface area contributed by atoms with Crippen LogP contribution in [0.5, 0.6) is 0 Å². The number of nitrogens with zero attached hydrogens (tertiary/aromatic N) is 1. The lowest BCUT2D eigenvalue weighted by atomic mass is 9.68. The molecule has 20 heavy (non-hydrogen) atoms. The van der Waals surface area contributed by atoms with Crippen molar-refractivity contribution < 1.29 is 4.79 Å². The highest BCUT2D eigenvalue weighted by Gasteiger charge is 2.53. The third-order valence-corrected chi connectivity index (χ3v) is 4.92. The van der Waals surface area contributed by atoms with Gasteiger partial charge in [0.25, 0.3) is 0 Å². The van der Waals surface area contributed by atoms with E-state index in [1.54, 1.807) is 0 Å². The first-order chi connectivity index (χ1) is 9.13. The molecule has 1 aromatic carbocycles. The lowest BCUT2D eigenvalue weighted by Crippen LogP contribution is -2.44. The van der Waals surface area contributed by atoms with E-state index in [0.717, 1.165) is 37.5 Å². The Labute approximate surface area is 131 Å². The van der Waals surface area contributed by atoms with Gasteiger partial charge in [0.1, 0.15) is 0 Å². The summed E-state index contributed by atoms with van der Waals surface area (Å²) >= 11 is 5.97. The monoisotopic (exact) mass is 314 g/mol. The summed E-state index contributed by atoms with van der Waals surface area (Å²) in [6.45, 7) is 2.69. The molecular weight excluding hydrogens is 295 g/mol. The van der Waals surface area contributed by atoms with Crippen LogP contribution in [-0.4, -0.2) is 37.5 Å². The summed E-state index contributed by atoms with van der Waals surface area (Å²) < 4.78 is 0. The van der Waals surface area contributed by atoms with Crippen molar-refractivity contribution in [1.29, 1.82) is 0 Å². The summed E-state index contributed by atoms with van der Waals surface area (Å²) in [7, 11) is 1.92. The maximum Gasteiger partial charge on any atom is 0.229 e. The van der Waals surface area contributed by atoms with Gasteiger partial charge in [-0.1, -0.05) is 23.7 Å². The van der Waals surface area contributed by atoms with Crippen molar-refractivity contribution in [1.82, 2.24) is 10.2 Å². The highest BCUT2D eigenvalue weighted by atomic mass is 35.5. The lowest BCUT2D eigenvalue weighted by Gasteiger charge is -2.36. The highest BCUT2D eigenvalue weighted by molar-refractivity contribution is 6.30. The second-order valence-corrected chi connectivity index (χ2v) is 6.13. The lowest BCUT2D eigenvalue weighted by molar-refractivity contribution is -0.136. The summed E-state index contributed by atoms with van der Waals surface area (Å²) in [5.41, 5.74) is 1.04. The summed E-state index contributed by atoms with van der Waals surface area (Å²) in [4.78, 5) is 14.5. The van der Waals surface area contributed by atoms with Crippen molar-refractivity contribution in [2.24, 2.45) is 5.41 Å². The number of hydrogen-bond acceptors (Lipinski definition) is 2. The van der Waals surface area contributed by atoms with Crippen molar-refractivity contribution in [3.05, 3.63) is 34.9 Å². The van der Waals surface area contributed by atoms with E-state index in [-0.39, 0.29) is 17.8 Å². The molecule has 1 unspecified atom stereocenters. The Balaban J connectivity index is 0.00000147. The van der Waals surface area contributed by atoms with Crippen LogP contribution in [0.1, 0.15) is 24.3 Å². The van der Waals surface area contributed by atoms with E-state index in [4.69, 9.17) is 11.6 Å². The van der Waals surface area contributed by atoms with Gasteiger partial charge in [0.05, 0.1) is 5.41 Å². The van der Waals surface area contributed by atoms with E-state index in [0.29, 0.717) is 11.8 Å². The Morgan fingerprint density at radius 1 is 1.25 bits per heavy atom. The van der Waals surface area contributed by atoms with Gasteiger partial charge in [0.15, 0.2) is 0 Å². The molecule has 0 saturated carbocycles. The minimum atomic E-state index is -0.201. The Bertz CT molecular complexity index is 483. The van der Waals surface area contributed by atoms with Crippen LogP contribution in [0.15, 0.2) is 24.3 Å². The van der Waals surface area contributed by atoms with Gasteiger partial charge in [-0.15, -0.1) is 12.4 Å². The summed E-state index contributed by atoms with van der Waals surface area (Å²) in [6.07, 6.45) is 1.87. The van der Waals surface area contributed by atoms with Gasteiger partial charge >= 0.3 is 0 Å². The van der Waals surface area contributed by atoms with Gasteiger partial charge in [0.2, 0.25) is 5.91 Å². The fourth-order valence-electron chi connectivity index (χ4n) is 3.62. The molecule has 2 fully saturated rings. The minimum absolute atomic E-state index is 0. The van der Waals surface area contributed by atoms with Crippen molar-refractivity contribution in [3.63, 3.8) is 0 Å². The SMILES string of the molecule is CN1CC(c2ccc(Cl)cc2)C2(CCNCC2)C1=O.Cl. The number of carbonyl (C=O) groups excluding carboxylic acids is 1. The number of benzene rings is 1. The molecule has 0 aliphatic carbocycles. The largest absolute Gasteiger partial charge is 0.345 e. The average Bonchev–Trinajstić information content (AvgIpc) is 2.66. The number of nitrogens with one attached hydrogen (secondary N) is 1. The summed E-state index contributed by atoms with van der Waals surface area (Å²) in [5, 5.41) is 4.11. The van der Waals surface area contributed by atoms with Crippen molar-refractivity contribution >= 4 is 29.9 Å². The van der Waals surface area contributed by atoms with Crippen LogP contribution in [0.3, 0.4) is 0 Å². The first-order valence-corrected chi connectivity index (χ1v) is 7.23. The zero-order valence-corrected chi connectivity index (χ0v) is 13.1. The molecule has 1 N–H and O–H groups in total. The second-order valence-electron chi connectivity index (χ2n) is 5.70. The number of likely N-dealkylation sites (tertiary alicyclic amines) is 1. The van der Waals surface area contributed by atoms with E-state index in [1.807, 2.05) is 24.1 Å². The van der Waals surface area contributed by atoms with Gasteiger partial charge in [0, 0.05) is 24.5 Å². The molecule has 5 heteroatoms. The van der Waals surface area contributed by atoms with Crippen LogP contribution in [0, 0.1) is 5.41 Å². The predicted octanol–water partition coefficient (Wildman–Crippen LogP) is 2.69. The Morgan fingerprint density at radius 3 is 2.45 bits per heavy atom. The van der Waals surface area contributed by atoms with Crippen LogP contribution >= 0.6 is 24.0 Å². The zero-order chi connectivity index (χ0) is 13.5. The van der Waals surface area contributed by atoms with E-state index in [1.165, 1.54) is 5.56 Å². The fraction of sp³-hybridized carbons (Fsp3) is 0.533. The minimum Gasteiger partial charge on any atom is -0.345 e. The molecule has 0 aromatic heterocycles. The Morgan fingerprint density at radius 2 is 1.85 bits per heavy atom. The van der Waals surface area contributed by atoms with Gasteiger partial charge < -0.3 is 10.2 Å². The Kier molecular flexibility index (Phi) is 4.62. The molecule has 110 valence electrons. The smallest absolute Gasteiger partial charge is 0.229 e. The molecule has 1 amide bonds. The van der Waals surface area contributed by atoms with E-state index in [9.17, 15) is 4.79 Å². The van der Waals surface area contributed by atoms with Gasteiger partial charge in [-0.05, 0) is 43.6 Å². The number of halogens is 2.